The second-order valence-electron chi connectivity index (χ2n) is 5.34. The summed E-state index contributed by atoms with van der Waals surface area (Å²) in [5.41, 5.74) is 0. The smallest absolute Gasteiger partial charge is 0.241 e. The zero-order valence-electron chi connectivity index (χ0n) is 11.1. The van der Waals surface area contributed by atoms with Gasteiger partial charge in [0, 0.05) is 11.4 Å². The van der Waals surface area contributed by atoms with Gasteiger partial charge in [0.15, 0.2) is 0 Å². The van der Waals surface area contributed by atoms with Crippen LogP contribution >= 0.6 is 11.3 Å². The van der Waals surface area contributed by atoms with E-state index in [-0.39, 0.29) is 11.5 Å². The van der Waals surface area contributed by atoms with Gasteiger partial charge in [-0.1, -0.05) is 19.8 Å². The van der Waals surface area contributed by atoms with Crippen LogP contribution in [0.15, 0.2) is 16.3 Å². The SMILES string of the molecule is CC1CCC(CNS(=O)(=O)c2ccsc2CO)CC1. The van der Waals surface area contributed by atoms with Gasteiger partial charge in [-0.25, -0.2) is 13.1 Å². The largest absolute Gasteiger partial charge is 0.391 e. The number of aliphatic hydroxyl groups is 1. The molecule has 1 aromatic heterocycles. The van der Waals surface area contributed by atoms with Crippen molar-refractivity contribution in [1.82, 2.24) is 4.72 Å². The first-order valence-electron chi connectivity index (χ1n) is 6.70. The number of sulfonamides is 1. The third-order valence-electron chi connectivity index (χ3n) is 3.84. The van der Waals surface area contributed by atoms with Gasteiger partial charge in [0.05, 0.1) is 11.5 Å². The average Bonchev–Trinajstić information content (AvgIpc) is 2.87. The van der Waals surface area contributed by atoms with Crippen molar-refractivity contribution in [3.63, 3.8) is 0 Å². The Morgan fingerprint density at radius 3 is 2.68 bits per heavy atom. The van der Waals surface area contributed by atoms with Gasteiger partial charge in [0.2, 0.25) is 10.0 Å². The van der Waals surface area contributed by atoms with Crippen molar-refractivity contribution in [2.45, 2.75) is 44.1 Å². The zero-order valence-corrected chi connectivity index (χ0v) is 12.8. The highest BCUT2D eigenvalue weighted by Crippen LogP contribution is 2.28. The Labute approximate surface area is 118 Å². The molecule has 1 aliphatic carbocycles. The standard InChI is InChI=1S/C13H21NO3S2/c1-10-2-4-11(5-3-10)8-14-19(16,17)13-6-7-18-12(13)9-15/h6-7,10-11,14-15H,2-5,8-9H2,1H3. The van der Waals surface area contributed by atoms with E-state index < -0.39 is 10.0 Å². The summed E-state index contributed by atoms with van der Waals surface area (Å²) >= 11 is 1.27. The molecule has 1 aliphatic rings. The highest BCUT2D eigenvalue weighted by Gasteiger charge is 2.23. The minimum atomic E-state index is -3.47. The molecule has 0 unspecified atom stereocenters. The maximum atomic E-state index is 12.2. The van der Waals surface area contributed by atoms with Gasteiger partial charge in [-0.05, 0) is 36.1 Å². The van der Waals surface area contributed by atoms with Crippen molar-refractivity contribution in [2.24, 2.45) is 11.8 Å². The molecule has 1 fully saturated rings. The molecule has 0 radical (unpaired) electrons. The summed E-state index contributed by atoms with van der Waals surface area (Å²) in [7, 11) is -3.47. The third-order valence-corrected chi connectivity index (χ3v) is 6.38. The Balaban J connectivity index is 1.95. The van der Waals surface area contributed by atoms with Gasteiger partial charge in [0.25, 0.3) is 0 Å². The Bertz CT molecular complexity index is 502. The number of aliphatic hydroxyl groups excluding tert-OH is 1. The van der Waals surface area contributed by atoms with Gasteiger partial charge < -0.3 is 5.11 Å². The van der Waals surface area contributed by atoms with E-state index in [0.29, 0.717) is 17.3 Å². The van der Waals surface area contributed by atoms with E-state index in [1.54, 1.807) is 11.4 Å². The number of rotatable bonds is 5. The number of thiophene rings is 1. The van der Waals surface area contributed by atoms with E-state index in [1.807, 2.05) is 0 Å². The van der Waals surface area contributed by atoms with Crippen LogP contribution in [0.25, 0.3) is 0 Å². The van der Waals surface area contributed by atoms with Gasteiger partial charge in [-0.3, -0.25) is 0 Å². The molecule has 0 amide bonds. The van der Waals surface area contributed by atoms with E-state index in [0.717, 1.165) is 18.8 Å². The van der Waals surface area contributed by atoms with Crippen molar-refractivity contribution in [3.8, 4) is 0 Å². The molecule has 0 bridgehead atoms. The molecule has 0 atom stereocenters. The van der Waals surface area contributed by atoms with Crippen LogP contribution in [0.5, 0.6) is 0 Å². The lowest BCUT2D eigenvalue weighted by atomic mass is 9.83. The Morgan fingerprint density at radius 1 is 1.37 bits per heavy atom. The molecule has 19 heavy (non-hydrogen) atoms. The minimum Gasteiger partial charge on any atom is -0.391 e. The topological polar surface area (TPSA) is 66.4 Å². The molecule has 2 N–H and O–H groups in total. The van der Waals surface area contributed by atoms with Crippen molar-refractivity contribution in [2.75, 3.05) is 6.54 Å². The van der Waals surface area contributed by atoms with Crippen molar-refractivity contribution >= 4 is 21.4 Å². The van der Waals surface area contributed by atoms with E-state index in [9.17, 15) is 8.42 Å². The van der Waals surface area contributed by atoms with E-state index in [1.165, 1.54) is 24.2 Å². The summed E-state index contributed by atoms with van der Waals surface area (Å²) in [6.45, 7) is 2.53. The molecule has 4 nitrogen and oxygen atoms in total. The fourth-order valence-corrected chi connectivity index (χ4v) is 4.93. The first kappa shape index (κ1) is 15.0. The molecule has 108 valence electrons. The number of nitrogens with one attached hydrogen (secondary N) is 1. The highest BCUT2D eigenvalue weighted by molar-refractivity contribution is 7.89. The van der Waals surface area contributed by atoms with Crippen LogP contribution in [0.2, 0.25) is 0 Å². The van der Waals surface area contributed by atoms with E-state index >= 15 is 0 Å². The number of hydrogen-bond donors (Lipinski definition) is 2. The van der Waals surface area contributed by atoms with Gasteiger partial charge in [-0.2, -0.15) is 0 Å². The summed E-state index contributed by atoms with van der Waals surface area (Å²) in [4.78, 5) is 0.731. The fourth-order valence-electron chi connectivity index (χ4n) is 2.52. The lowest BCUT2D eigenvalue weighted by Gasteiger charge is -2.26. The maximum absolute atomic E-state index is 12.2. The van der Waals surface area contributed by atoms with E-state index in [2.05, 4.69) is 11.6 Å². The Hall–Kier alpha value is -0.430. The zero-order chi connectivity index (χ0) is 13.9. The number of hydrogen-bond acceptors (Lipinski definition) is 4. The predicted molar refractivity (Wildman–Crippen MR) is 76.6 cm³/mol. The average molecular weight is 303 g/mol. The predicted octanol–water partition coefficient (Wildman–Crippen LogP) is 2.35. The molecule has 1 heterocycles. The van der Waals surface area contributed by atoms with Crippen molar-refractivity contribution < 1.29 is 13.5 Å². The molecule has 0 aromatic carbocycles. The van der Waals surface area contributed by atoms with Crippen LogP contribution < -0.4 is 4.72 Å². The van der Waals surface area contributed by atoms with Crippen LogP contribution in [0.1, 0.15) is 37.5 Å². The van der Waals surface area contributed by atoms with Gasteiger partial charge >= 0.3 is 0 Å². The normalized spacial score (nSPS) is 24.5. The molecule has 0 spiro atoms. The molecular formula is C13H21NO3S2. The summed E-state index contributed by atoms with van der Waals surface area (Å²) in [5, 5.41) is 10.8. The third kappa shape index (κ3) is 3.78. The quantitative estimate of drug-likeness (QED) is 0.877. The lowest BCUT2D eigenvalue weighted by Crippen LogP contribution is -2.31. The first-order chi connectivity index (χ1) is 9.03. The highest BCUT2D eigenvalue weighted by atomic mass is 32.2. The maximum Gasteiger partial charge on any atom is 0.241 e. The molecule has 2 rings (SSSR count). The van der Waals surface area contributed by atoms with Crippen LogP contribution in [-0.2, 0) is 16.6 Å². The second kappa shape index (κ2) is 6.35. The molecule has 0 aliphatic heterocycles. The first-order valence-corrected chi connectivity index (χ1v) is 9.06. The summed E-state index contributed by atoms with van der Waals surface area (Å²) < 4.78 is 27.0. The molecule has 1 aromatic rings. The van der Waals surface area contributed by atoms with Crippen LogP contribution in [0.3, 0.4) is 0 Å². The van der Waals surface area contributed by atoms with Crippen LogP contribution in [0.4, 0.5) is 0 Å². The Kier molecular flexibility index (Phi) is 5.00. The second-order valence-corrected chi connectivity index (χ2v) is 8.08. The molecule has 0 saturated heterocycles. The van der Waals surface area contributed by atoms with Crippen LogP contribution in [-0.4, -0.2) is 20.1 Å². The minimum absolute atomic E-state index is 0.226. The molecule has 1 saturated carbocycles. The summed E-state index contributed by atoms with van der Waals surface area (Å²) in [6, 6.07) is 1.56. The summed E-state index contributed by atoms with van der Waals surface area (Å²) in [5.74, 6) is 1.22. The van der Waals surface area contributed by atoms with Gasteiger partial charge in [-0.15, -0.1) is 11.3 Å². The summed E-state index contributed by atoms with van der Waals surface area (Å²) in [6.07, 6.45) is 4.57. The Morgan fingerprint density at radius 2 is 2.05 bits per heavy atom. The monoisotopic (exact) mass is 303 g/mol. The molecule has 6 heteroatoms. The fraction of sp³-hybridized carbons (Fsp3) is 0.692. The lowest BCUT2D eigenvalue weighted by molar-refractivity contribution is 0.282. The van der Waals surface area contributed by atoms with Crippen LogP contribution in [0, 0.1) is 11.8 Å². The van der Waals surface area contributed by atoms with Crippen molar-refractivity contribution in [3.05, 3.63) is 16.3 Å². The van der Waals surface area contributed by atoms with Gasteiger partial charge in [0.1, 0.15) is 0 Å². The van der Waals surface area contributed by atoms with E-state index in [4.69, 9.17) is 5.11 Å². The molecular weight excluding hydrogens is 282 g/mol. The van der Waals surface area contributed by atoms with Crippen molar-refractivity contribution in [1.29, 1.82) is 0 Å².